The Bertz CT molecular complexity index is 349. The molecule has 0 unspecified atom stereocenters. The Morgan fingerprint density at radius 1 is 0.933 bits per heavy atom. The molecule has 0 nitrogen and oxygen atoms in total. The zero-order valence-electron chi connectivity index (χ0n) is 9.42. The molecule has 3 heteroatoms. The van der Waals surface area contributed by atoms with E-state index in [4.69, 9.17) is 0 Å². The standard InChI is InChI=1S/C12H15F3/c1-7-5-8(2)10(4)11(9(7)3)6-12(13,14)15/h5H,6H2,1-4H3. The minimum atomic E-state index is -4.13. The Labute approximate surface area is 88.1 Å². The van der Waals surface area contributed by atoms with Crippen LogP contribution < -0.4 is 0 Å². The maximum Gasteiger partial charge on any atom is 0.393 e. The average molecular weight is 216 g/mol. The van der Waals surface area contributed by atoms with Crippen molar-refractivity contribution in [3.63, 3.8) is 0 Å². The van der Waals surface area contributed by atoms with Gasteiger partial charge in [-0.15, -0.1) is 0 Å². The summed E-state index contributed by atoms with van der Waals surface area (Å²) in [7, 11) is 0. The monoisotopic (exact) mass is 216 g/mol. The Hall–Kier alpha value is -0.990. The summed E-state index contributed by atoms with van der Waals surface area (Å²) in [5.74, 6) is 0. The number of hydrogen-bond donors (Lipinski definition) is 0. The maximum absolute atomic E-state index is 12.4. The first kappa shape index (κ1) is 12.1. The van der Waals surface area contributed by atoms with Crippen molar-refractivity contribution in [3.05, 3.63) is 33.9 Å². The smallest absolute Gasteiger partial charge is 0.171 e. The predicted octanol–water partition coefficient (Wildman–Crippen LogP) is 4.03. The van der Waals surface area contributed by atoms with Crippen molar-refractivity contribution in [2.75, 3.05) is 0 Å². The molecule has 1 aromatic carbocycles. The number of halogens is 3. The molecule has 0 aliphatic carbocycles. The Morgan fingerprint density at radius 2 is 1.33 bits per heavy atom. The summed E-state index contributed by atoms with van der Waals surface area (Å²) in [4.78, 5) is 0. The van der Waals surface area contributed by atoms with Gasteiger partial charge in [0.25, 0.3) is 0 Å². The van der Waals surface area contributed by atoms with Crippen LogP contribution in [-0.4, -0.2) is 6.18 Å². The van der Waals surface area contributed by atoms with E-state index in [1.54, 1.807) is 13.8 Å². The molecule has 0 saturated carbocycles. The quantitative estimate of drug-likeness (QED) is 0.665. The van der Waals surface area contributed by atoms with Gasteiger partial charge in [-0.2, -0.15) is 13.2 Å². The molecule has 84 valence electrons. The third-order valence-corrected chi connectivity index (χ3v) is 2.90. The van der Waals surface area contributed by atoms with Crippen LogP contribution in [0.25, 0.3) is 0 Å². The van der Waals surface area contributed by atoms with Crippen LogP contribution in [0.2, 0.25) is 0 Å². The van der Waals surface area contributed by atoms with Crippen molar-refractivity contribution in [2.24, 2.45) is 0 Å². The first-order chi connectivity index (χ1) is 6.72. The second kappa shape index (κ2) is 3.87. The van der Waals surface area contributed by atoms with E-state index in [2.05, 4.69) is 0 Å². The lowest BCUT2D eigenvalue weighted by Crippen LogP contribution is -2.14. The van der Waals surface area contributed by atoms with Crippen molar-refractivity contribution < 1.29 is 13.2 Å². The van der Waals surface area contributed by atoms with Crippen molar-refractivity contribution >= 4 is 0 Å². The van der Waals surface area contributed by atoms with Gasteiger partial charge in [0, 0.05) is 0 Å². The van der Waals surface area contributed by atoms with Gasteiger partial charge in [-0.1, -0.05) is 6.07 Å². The Balaban J connectivity index is 3.27. The molecule has 0 atom stereocenters. The third-order valence-electron chi connectivity index (χ3n) is 2.90. The van der Waals surface area contributed by atoms with E-state index in [0.717, 1.165) is 22.3 Å². The molecule has 0 radical (unpaired) electrons. The van der Waals surface area contributed by atoms with Gasteiger partial charge in [0.05, 0.1) is 6.42 Å². The fraction of sp³-hybridized carbons (Fsp3) is 0.500. The minimum absolute atomic E-state index is 0.431. The molecule has 0 heterocycles. The molecule has 0 aromatic heterocycles. The Morgan fingerprint density at radius 3 is 1.67 bits per heavy atom. The first-order valence-corrected chi connectivity index (χ1v) is 4.85. The highest BCUT2D eigenvalue weighted by Crippen LogP contribution is 2.28. The van der Waals surface area contributed by atoms with Crippen molar-refractivity contribution in [3.8, 4) is 0 Å². The van der Waals surface area contributed by atoms with E-state index >= 15 is 0 Å². The highest BCUT2D eigenvalue weighted by atomic mass is 19.4. The van der Waals surface area contributed by atoms with Crippen LogP contribution in [0.5, 0.6) is 0 Å². The van der Waals surface area contributed by atoms with Crippen LogP contribution in [-0.2, 0) is 6.42 Å². The van der Waals surface area contributed by atoms with Crippen LogP contribution in [0.1, 0.15) is 27.8 Å². The van der Waals surface area contributed by atoms with Gasteiger partial charge in [0.2, 0.25) is 0 Å². The lowest BCUT2D eigenvalue weighted by atomic mass is 9.92. The first-order valence-electron chi connectivity index (χ1n) is 4.85. The fourth-order valence-corrected chi connectivity index (χ4v) is 1.76. The topological polar surface area (TPSA) is 0 Å². The number of aryl methyl sites for hydroxylation is 2. The molecule has 0 spiro atoms. The van der Waals surface area contributed by atoms with Crippen molar-refractivity contribution in [2.45, 2.75) is 40.3 Å². The molecule has 0 N–H and O–H groups in total. The van der Waals surface area contributed by atoms with Gasteiger partial charge in [0.15, 0.2) is 0 Å². The van der Waals surface area contributed by atoms with Gasteiger partial charge in [0.1, 0.15) is 0 Å². The lowest BCUT2D eigenvalue weighted by Gasteiger charge is -2.16. The number of hydrogen-bond acceptors (Lipinski definition) is 0. The summed E-state index contributed by atoms with van der Waals surface area (Å²) >= 11 is 0. The molecule has 0 fully saturated rings. The normalized spacial score (nSPS) is 11.9. The predicted molar refractivity (Wildman–Crippen MR) is 55.1 cm³/mol. The minimum Gasteiger partial charge on any atom is -0.171 e. The summed E-state index contributed by atoms with van der Waals surface area (Å²) in [6, 6.07) is 1.94. The van der Waals surface area contributed by atoms with E-state index in [9.17, 15) is 13.2 Å². The van der Waals surface area contributed by atoms with E-state index in [1.165, 1.54) is 0 Å². The molecular formula is C12H15F3. The fourth-order valence-electron chi connectivity index (χ4n) is 1.76. The third kappa shape index (κ3) is 2.74. The van der Waals surface area contributed by atoms with Gasteiger partial charge < -0.3 is 0 Å². The Kier molecular flexibility index (Phi) is 3.12. The van der Waals surface area contributed by atoms with Gasteiger partial charge in [-0.05, 0) is 55.5 Å². The van der Waals surface area contributed by atoms with Crippen LogP contribution in [0, 0.1) is 27.7 Å². The maximum atomic E-state index is 12.4. The van der Waals surface area contributed by atoms with Gasteiger partial charge in [-0.3, -0.25) is 0 Å². The van der Waals surface area contributed by atoms with Crippen LogP contribution in [0.3, 0.4) is 0 Å². The average Bonchev–Trinajstić information content (AvgIpc) is 2.08. The second-order valence-corrected chi connectivity index (χ2v) is 4.03. The number of benzene rings is 1. The van der Waals surface area contributed by atoms with E-state index in [0.29, 0.717) is 5.56 Å². The molecule has 15 heavy (non-hydrogen) atoms. The summed E-state index contributed by atoms with van der Waals surface area (Å²) < 4.78 is 37.1. The molecule has 0 saturated heterocycles. The number of rotatable bonds is 1. The molecular weight excluding hydrogens is 201 g/mol. The summed E-state index contributed by atoms with van der Waals surface area (Å²) in [5, 5.41) is 0. The van der Waals surface area contributed by atoms with E-state index < -0.39 is 12.6 Å². The number of alkyl halides is 3. The van der Waals surface area contributed by atoms with Crippen LogP contribution >= 0.6 is 0 Å². The molecule has 1 aromatic rings. The molecule has 0 bridgehead atoms. The molecule has 0 aliphatic heterocycles. The van der Waals surface area contributed by atoms with Gasteiger partial charge in [-0.25, -0.2) is 0 Å². The molecule has 1 rings (SSSR count). The summed E-state index contributed by atoms with van der Waals surface area (Å²) in [6.45, 7) is 7.20. The largest absolute Gasteiger partial charge is 0.393 e. The molecule has 0 amide bonds. The highest BCUT2D eigenvalue weighted by Gasteiger charge is 2.29. The summed E-state index contributed by atoms with van der Waals surface area (Å²) in [6.07, 6.45) is -4.96. The molecule has 0 aliphatic rings. The zero-order chi connectivity index (χ0) is 11.8. The van der Waals surface area contributed by atoms with Crippen LogP contribution in [0.15, 0.2) is 6.07 Å². The SMILES string of the molecule is Cc1cc(C)c(C)c(CC(F)(F)F)c1C. The van der Waals surface area contributed by atoms with E-state index in [-0.39, 0.29) is 0 Å². The van der Waals surface area contributed by atoms with E-state index in [1.807, 2.05) is 19.9 Å². The zero-order valence-corrected chi connectivity index (χ0v) is 9.42. The highest BCUT2D eigenvalue weighted by molar-refractivity contribution is 5.44. The lowest BCUT2D eigenvalue weighted by molar-refractivity contribution is -0.127. The van der Waals surface area contributed by atoms with Crippen LogP contribution in [0.4, 0.5) is 13.2 Å². The van der Waals surface area contributed by atoms with Crippen molar-refractivity contribution in [1.82, 2.24) is 0 Å². The van der Waals surface area contributed by atoms with Gasteiger partial charge >= 0.3 is 6.18 Å². The second-order valence-electron chi connectivity index (χ2n) is 4.03. The summed E-state index contributed by atoms with van der Waals surface area (Å²) in [5.41, 5.74) is 3.81. The van der Waals surface area contributed by atoms with Crippen molar-refractivity contribution in [1.29, 1.82) is 0 Å².